The van der Waals surface area contributed by atoms with Crippen molar-refractivity contribution in [3.63, 3.8) is 0 Å². The zero-order chi connectivity index (χ0) is 20.0. The molecule has 1 fully saturated rings. The van der Waals surface area contributed by atoms with E-state index in [1.54, 1.807) is 6.07 Å². The standard InChI is InChI=1S/C21H17ClF2N2O3/c22-19-15(12-7-9-27-10-8-12)4-1-13-2-6-18(26-20(13)19)25-14-3-5-16-17(11-14)29-21(23,24)28-16/h1-6,11-12H,7-10H2,(H,25,26). The number of aromatic nitrogens is 1. The summed E-state index contributed by atoms with van der Waals surface area (Å²) in [6.45, 7) is 1.47. The summed E-state index contributed by atoms with van der Waals surface area (Å²) in [6, 6.07) is 12.3. The maximum Gasteiger partial charge on any atom is 0.586 e. The van der Waals surface area contributed by atoms with Gasteiger partial charge in [0.15, 0.2) is 11.5 Å². The van der Waals surface area contributed by atoms with Crippen LogP contribution in [0, 0.1) is 0 Å². The van der Waals surface area contributed by atoms with Crippen molar-refractivity contribution in [2.24, 2.45) is 0 Å². The molecule has 0 radical (unpaired) electrons. The van der Waals surface area contributed by atoms with Crippen LogP contribution in [-0.4, -0.2) is 24.5 Å². The van der Waals surface area contributed by atoms with E-state index in [0.717, 1.165) is 37.0 Å². The molecule has 0 bridgehead atoms. The lowest BCUT2D eigenvalue weighted by atomic mass is 9.91. The van der Waals surface area contributed by atoms with Gasteiger partial charge in [-0.1, -0.05) is 23.7 Å². The predicted molar refractivity (Wildman–Crippen MR) is 105 cm³/mol. The van der Waals surface area contributed by atoms with Gasteiger partial charge in [-0.2, -0.15) is 0 Å². The summed E-state index contributed by atoms with van der Waals surface area (Å²) in [4.78, 5) is 4.65. The Labute approximate surface area is 170 Å². The molecule has 3 aromatic rings. The number of rotatable bonds is 3. The van der Waals surface area contributed by atoms with Gasteiger partial charge in [0.2, 0.25) is 0 Å². The minimum absolute atomic E-state index is 0.00355. The van der Waals surface area contributed by atoms with Gasteiger partial charge in [-0.05, 0) is 48.6 Å². The highest BCUT2D eigenvalue weighted by atomic mass is 35.5. The van der Waals surface area contributed by atoms with Crippen LogP contribution in [0.3, 0.4) is 0 Å². The molecule has 5 nitrogen and oxygen atoms in total. The molecule has 29 heavy (non-hydrogen) atoms. The Morgan fingerprint density at radius 2 is 1.76 bits per heavy atom. The second-order valence-corrected chi connectivity index (χ2v) is 7.46. The third-order valence-electron chi connectivity index (χ3n) is 5.17. The Balaban J connectivity index is 1.45. The molecule has 0 spiro atoms. The van der Waals surface area contributed by atoms with Crippen molar-refractivity contribution in [1.82, 2.24) is 4.98 Å². The molecule has 1 N–H and O–H groups in total. The number of alkyl halides is 2. The molecular formula is C21H17ClF2N2O3. The van der Waals surface area contributed by atoms with Gasteiger partial charge < -0.3 is 19.5 Å². The number of pyridine rings is 1. The number of fused-ring (bicyclic) bond motifs is 2. The largest absolute Gasteiger partial charge is 0.586 e. The third kappa shape index (κ3) is 3.56. The molecule has 2 aliphatic rings. The Kier molecular flexibility index (Phi) is 4.44. The number of hydrogen-bond donors (Lipinski definition) is 1. The summed E-state index contributed by atoms with van der Waals surface area (Å²) in [5.74, 6) is 0.875. The van der Waals surface area contributed by atoms with Crippen LogP contribution in [0.15, 0.2) is 42.5 Å². The molecule has 0 saturated carbocycles. The van der Waals surface area contributed by atoms with Crippen molar-refractivity contribution in [2.75, 3.05) is 18.5 Å². The van der Waals surface area contributed by atoms with Gasteiger partial charge in [0, 0.05) is 30.4 Å². The lowest BCUT2D eigenvalue weighted by Crippen LogP contribution is -2.25. The highest BCUT2D eigenvalue weighted by Crippen LogP contribution is 2.42. The fraction of sp³-hybridized carbons (Fsp3) is 0.286. The van der Waals surface area contributed by atoms with Crippen molar-refractivity contribution in [3.05, 3.63) is 53.1 Å². The fourth-order valence-electron chi connectivity index (χ4n) is 3.74. The Morgan fingerprint density at radius 3 is 2.59 bits per heavy atom. The van der Waals surface area contributed by atoms with Crippen LogP contribution >= 0.6 is 11.6 Å². The highest BCUT2D eigenvalue weighted by molar-refractivity contribution is 6.36. The van der Waals surface area contributed by atoms with Crippen LogP contribution in [0.1, 0.15) is 24.3 Å². The van der Waals surface area contributed by atoms with Crippen LogP contribution in [0.25, 0.3) is 10.9 Å². The number of ether oxygens (including phenoxy) is 3. The molecule has 0 atom stereocenters. The monoisotopic (exact) mass is 418 g/mol. The van der Waals surface area contributed by atoms with Crippen molar-refractivity contribution in [2.45, 2.75) is 25.1 Å². The first-order chi connectivity index (χ1) is 14.0. The topological polar surface area (TPSA) is 52.6 Å². The van der Waals surface area contributed by atoms with E-state index in [9.17, 15) is 8.78 Å². The molecule has 2 aromatic carbocycles. The maximum atomic E-state index is 13.2. The van der Waals surface area contributed by atoms with E-state index >= 15 is 0 Å². The van der Waals surface area contributed by atoms with E-state index < -0.39 is 6.29 Å². The maximum absolute atomic E-state index is 13.2. The Bertz CT molecular complexity index is 1090. The number of benzene rings is 2. The number of anilines is 2. The molecule has 3 heterocycles. The van der Waals surface area contributed by atoms with Crippen LogP contribution in [0.5, 0.6) is 11.5 Å². The summed E-state index contributed by atoms with van der Waals surface area (Å²) in [7, 11) is 0. The molecule has 150 valence electrons. The predicted octanol–water partition coefficient (Wildman–Crippen LogP) is 5.85. The lowest BCUT2D eigenvalue weighted by Gasteiger charge is -2.23. The molecule has 1 saturated heterocycles. The first-order valence-electron chi connectivity index (χ1n) is 9.32. The van der Waals surface area contributed by atoms with Crippen LogP contribution in [0.2, 0.25) is 5.02 Å². The van der Waals surface area contributed by atoms with Crippen molar-refractivity contribution in [3.8, 4) is 11.5 Å². The number of hydrogen-bond acceptors (Lipinski definition) is 5. The summed E-state index contributed by atoms with van der Waals surface area (Å²) in [6.07, 6.45) is -1.77. The Morgan fingerprint density at radius 1 is 1.00 bits per heavy atom. The number of nitrogens with zero attached hydrogens (tertiary/aromatic N) is 1. The van der Waals surface area contributed by atoms with Gasteiger partial charge in [-0.25, -0.2) is 4.98 Å². The lowest BCUT2D eigenvalue weighted by molar-refractivity contribution is -0.286. The second kappa shape index (κ2) is 7.00. The number of halogens is 3. The van der Waals surface area contributed by atoms with E-state index in [1.807, 2.05) is 18.2 Å². The summed E-state index contributed by atoms with van der Waals surface area (Å²) in [5, 5.41) is 4.68. The average molecular weight is 419 g/mol. The molecule has 2 aliphatic heterocycles. The molecule has 5 rings (SSSR count). The quantitative estimate of drug-likeness (QED) is 0.578. The molecule has 0 aliphatic carbocycles. The Hall–Kier alpha value is -2.64. The molecular weight excluding hydrogens is 402 g/mol. The zero-order valence-corrected chi connectivity index (χ0v) is 16.0. The highest BCUT2D eigenvalue weighted by Gasteiger charge is 2.43. The van der Waals surface area contributed by atoms with Gasteiger partial charge in [-0.3, -0.25) is 0 Å². The molecule has 8 heteroatoms. The first-order valence-corrected chi connectivity index (χ1v) is 9.70. The average Bonchev–Trinajstić information content (AvgIpc) is 3.02. The van der Waals surface area contributed by atoms with Crippen molar-refractivity contribution >= 4 is 34.0 Å². The first kappa shape index (κ1) is 18.4. The van der Waals surface area contributed by atoms with Crippen molar-refractivity contribution < 1.29 is 23.0 Å². The fourth-order valence-corrected chi connectivity index (χ4v) is 4.11. The normalized spacial score (nSPS) is 18.2. The minimum atomic E-state index is -3.64. The summed E-state index contributed by atoms with van der Waals surface area (Å²) in [5.41, 5.74) is 2.33. The van der Waals surface area contributed by atoms with Gasteiger partial charge >= 0.3 is 6.29 Å². The molecule has 0 unspecified atom stereocenters. The van der Waals surface area contributed by atoms with E-state index in [2.05, 4.69) is 25.8 Å². The zero-order valence-electron chi connectivity index (χ0n) is 15.3. The van der Waals surface area contributed by atoms with E-state index in [-0.39, 0.29) is 11.5 Å². The molecule has 0 amide bonds. The minimum Gasteiger partial charge on any atom is -0.395 e. The SMILES string of the molecule is FC1(F)Oc2ccc(Nc3ccc4ccc(C5CCOCC5)c(Cl)c4n3)cc2O1. The summed E-state index contributed by atoms with van der Waals surface area (Å²) < 4.78 is 40.8. The van der Waals surface area contributed by atoms with E-state index in [0.29, 0.717) is 28.0 Å². The third-order valence-corrected chi connectivity index (χ3v) is 5.56. The number of nitrogens with one attached hydrogen (secondary N) is 1. The second-order valence-electron chi connectivity index (χ2n) is 7.08. The van der Waals surface area contributed by atoms with Gasteiger partial charge in [0.25, 0.3) is 0 Å². The van der Waals surface area contributed by atoms with E-state index in [1.165, 1.54) is 12.1 Å². The van der Waals surface area contributed by atoms with Crippen LogP contribution in [-0.2, 0) is 4.74 Å². The van der Waals surface area contributed by atoms with Crippen LogP contribution < -0.4 is 14.8 Å². The van der Waals surface area contributed by atoms with Gasteiger partial charge in [-0.15, -0.1) is 8.78 Å². The van der Waals surface area contributed by atoms with E-state index in [4.69, 9.17) is 16.3 Å². The smallest absolute Gasteiger partial charge is 0.395 e. The van der Waals surface area contributed by atoms with Crippen molar-refractivity contribution in [1.29, 1.82) is 0 Å². The van der Waals surface area contributed by atoms with Gasteiger partial charge in [0.05, 0.1) is 10.5 Å². The molecule has 1 aromatic heterocycles. The van der Waals surface area contributed by atoms with Crippen LogP contribution in [0.4, 0.5) is 20.3 Å². The summed E-state index contributed by atoms with van der Waals surface area (Å²) >= 11 is 6.71. The van der Waals surface area contributed by atoms with Gasteiger partial charge in [0.1, 0.15) is 5.82 Å².